The molecule has 1 heterocycles. The molecule has 0 saturated heterocycles. The van der Waals surface area contributed by atoms with E-state index < -0.39 is 10.0 Å². The first kappa shape index (κ1) is 18.8. The van der Waals surface area contributed by atoms with Crippen LogP contribution in [0, 0.1) is 5.92 Å². The maximum Gasteiger partial charge on any atom is 0.254 e. The minimum absolute atomic E-state index is 0.215. The number of halogens is 1. The molecule has 1 rings (SSSR count). The molecular formula is C13H24ClN3O2S2. The zero-order chi connectivity index (χ0) is 16.0. The molecule has 0 aliphatic carbocycles. The fourth-order valence-corrected chi connectivity index (χ4v) is 5.04. The molecular weight excluding hydrogens is 330 g/mol. The van der Waals surface area contributed by atoms with Crippen molar-refractivity contribution < 1.29 is 8.42 Å². The fourth-order valence-electron chi connectivity index (χ4n) is 2.00. The molecule has 122 valence electrons. The normalized spacial score (nSPS) is 12.8. The molecule has 8 heteroatoms. The highest BCUT2D eigenvalue weighted by Gasteiger charge is 2.27. The van der Waals surface area contributed by atoms with Crippen LogP contribution in [0.4, 0.5) is 0 Å². The SMILES string of the molecule is CCN(CC)CCN(CC(C)C)S(=O)(=O)c1cnc(Cl)s1. The van der Waals surface area contributed by atoms with Gasteiger partial charge in [-0.3, -0.25) is 0 Å². The van der Waals surface area contributed by atoms with E-state index in [9.17, 15) is 8.42 Å². The summed E-state index contributed by atoms with van der Waals surface area (Å²) in [5, 5.41) is 0. The molecule has 0 aliphatic heterocycles. The summed E-state index contributed by atoms with van der Waals surface area (Å²) in [6.07, 6.45) is 1.34. The summed E-state index contributed by atoms with van der Waals surface area (Å²) in [4.78, 5) is 6.05. The van der Waals surface area contributed by atoms with Crippen LogP contribution in [0.15, 0.2) is 10.4 Å². The van der Waals surface area contributed by atoms with Gasteiger partial charge in [0.25, 0.3) is 10.0 Å². The lowest BCUT2D eigenvalue weighted by Crippen LogP contribution is -2.40. The van der Waals surface area contributed by atoms with Gasteiger partial charge in [0.2, 0.25) is 0 Å². The van der Waals surface area contributed by atoms with E-state index >= 15 is 0 Å². The lowest BCUT2D eigenvalue weighted by Gasteiger charge is -2.26. The summed E-state index contributed by atoms with van der Waals surface area (Å²) >= 11 is 6.77. The minimum atomic E-state index is -3.51. The third-order valence-electron chi connectivity index (χ3n) is 3.18. The van der Waals surface area contributed by atoms with Gasteiger partial charge in [0.1, 0.15) is 0 Å². The molecule has 1 aromatic rings. The highest BCUT2D eigenvalue weighted by molar-refractivity contribution is 7.91. The topological polar surface area (TPSA) is 53.5 Å². The molecule has 0 N–H and O–H groups in total. The Labute approximate surface area is 137 Å². The van der Waals surface area contributed by atoms with E-state index in [2.05, 4.69) is 23.7 Å². The molecule has 0 amide bonds. The van der Waals surface area contributed by atoms with Crippen molar-refractivity contribution in [3.05, 3.63) is 10.7 Å². The van der Waals surface area contributed by atoms with Gasteiger partial charge in [0.15, 0.2) is 8.68 Å². The van der Waals surface area contributed by atoms with Gasteiger partial charge in [-0.05, 0) is 19.0 Å². The lowest BCUT2D eigenvalue weighted by atomic mass is 10.2. The van der Waals surface area contributed by atoms with E-state index in [1.807, 2.05) is 13.8 Å². The maximum absolute atomic E-state index is 12.7. The van der Waals surface area contributed by atoms with Crippen LogP contribution in [-0.2, 0) is 10.0 Å². The van der Waals surface area contributed by atoms with Gasteiger partial charge in [-0.25, -0.2) is 13.4 Å². The first-order valence-corrected chi connectivity index (χ1v) is 9.78. The Kier molecular flexibility index (Phi) is 7.56. The van der Waals surface area contributed by atoms with Gasteiger partial charge < -0.3 is 4.90 Å². The predicted octanol–water partition coefficient (Wildman–Crippen LogP) is 2.79. The van der Waals surface area contributed by atoms with Crippen LogP contribution in [0.3, 0.4) is 0 Å². The van der Waals surface area contributed by atoms with Crippen LogP contribution >= 0.6 is 22.9 Å². The van der Waals surface area contributed by atoms with Gasteiger partial charge in [0.05, 0.1) is 6.20 Å². The minimum Gasteiger partial charge on any atom is -0.303 e. The number of aromatic nitrogens is 1. The Morgan fingerprint density at radius 3 is 2.33 bits per heavy atom. The standard InChI is InChI=1S/C13H24ClN3O2S2/c1-5-16(6-2)7-8-17(10-11(3)4)21(18,19)12-9-15-13(14)20-12/h9,11H,5-8,10H2,1-4H3. The molecule has 0 atom stereocenters. The summed E-state index contributed by atoms with van der Waals surface area (Å²) in [6, 6.07) is 0. The van der Waals surface area contributed by atoms with Gasteiger partial charge in [-0.1, -0.05) is 50.6 Å². The number of sulfonamides is 1. The molecule has 0 spiro atoms. The van der Waals surface area contributed by atoms with Gasteiger partial charge in [-0.15, -0.1) is 0 Å². The smallest absolute Gasteiger partial charge is 0.254 e. The van der Waals surface area contributed by atoms with E-state index in [1.54, 1.807) is 4.31 Å². The monoisotopic (exact) mass is 353 g/mol. The Morgan fingerprint density at radius 1 is 1.29 bits per heavy atom. The van der Waals surface area contributed by atoms with Crippen molar-refractivity contribution in [2.24, 2.45) is 5.92 Å². The summed E-state index contributed by atoms with van der Waals surface area (Å²) in [7, 11) is -3.51. The number of likely N-dealkylation sites (N-methyl/N-ethyl adjacent to an activating group) is 1. The average molecular weight is 354 g/mol. The van der Waals surface area contributed by atoms with Crippen LogP contribution in [-0.4, -0.2) is 55.3 Å². The third-order valence-corrected chi connectivity index (χ3v) is 6.60. The van der Waals surface area contributed by atoms with Crippen molar-refractivity contribution in [2.45, 2.75) is 31.9 Å². The molecule has 0 unspecified atom stereocenters. The quantitative estimate of drug-likeness (QED) is 0.685. The van der Waals surface area contributed by atoms with E-state index in [0.29, 0.717) is 13.1 Å². The molecule has 1 aromatic heterocycles. The van der Waals surface area contributed by atoms with Gasteiger partial charge >= 0.3 is 0 Å². The second-order valence-electron chi connectivity index (χ2n) is 5.22. The number of rotatable bonds is 9. The predicted molar refractivity (Wildman–Crippen MR) is 88.5 cm³/mol. The van der Waals surface area contributed by atoms with Crippen LogP contribution in [0.1, 0.15) is 27.7 Å². The second kappa shape index (κ2) is 8.43. The van der Waals surface area contributed by atoms with Crippen LogP contribution in [0.2, 0.25) is 4.47 Å². The number of nitrogens with zero attached hydrogens (tertiary/aromatic N) is 3. The van der Waals surface area contributed by atoms with Crippen molar-refractivity contribution in [3.63, 3.8) is 0 Å². The van der Waals surface area contributed by atoms with Crippen molar-refractivity contribution in [1.82, 2.24) is 14.2 Å². The summed E-state index contributed by atoms with van der Waals surface area (Å²) in [5.74, 6) is 0.264. The highest BCUT2D eigenvalue weighted by atomic mass is 35.5. The van der Waals surface area contributed by atoms with E-state index in [0.717, 1.165) is 31.0 Å². The highest BCUT2D eigenvalue weighted by Crippen LogP contribution is 2.26. The summed E-state index contributed by atoms with van der Waals surface area (Å²) in [5.41, 5.74) is 0. The largest absolute Gasteiger partial charge is 0.303 e. The average Bonchev–Trinajstić information content (AvgIpc) is 2.85. The maximum atomic E-state index is 12.7. The Morgan fingerprint density at radius 2 is 1.90 bits per heavy atom. The van der Waals surface area contributed by atoms with Gasteiger partial charge in [0, 0.05) is 19.6 Å². The third kappa shape index (κ3) is 5.49. The van der Waals surface area contributed by atoms with Crippen LogP contribution in [0.25, 0.3) is 0 Å². The summed E-state index contributed by atoms with van der Waals surface area (Å²) < 4.78 is 27.4. The molecule has 0 fully saturated rings. The van der Waals surface area contributed by atoms with Crippen molar-refractivity contribution >= 4 is 33.0 Å². The molecule has 0 aliphatic rings. The second-order valence-corrected chi connectivity index (χ2v) is 8.99. The molecule has 5 nitrogen and oxygen atoms in total. The molecule has 21 heavy (non-hydrogen) atoms. The molecule has 0 aromatic carbocycles. The van der Waals surface area contributed by atoms with E-state index in [-0.39, 0.29) is 14.6 Å². The molecule has 0 saturated carbocycles. The van der Waals surface area contributed by atoms with E-state index in [1.165, 1.54) is 6.20 Å². The fraction of sp³-hybridized carbons (Fsp3) is 0.769. The number of thiazole rings is 1. The van der Waals surface area contributed by atoms with Crippen LogP contribution in [0.5, 0.6) is 0 Å². The lowest BCUT2D eigenvalue weighted by molar-refractivity contribution is 0.262. The van der Waals surface area contributed by atoms with E-state index in [4.69, 9.17) is 11.6 Å². The van der Waals surface area contributed by atoms with Gasteiger partial charge in [-0.2, -0.15) is 4.31 Å². The van der Waals surface area contributed by atoms with Crippen molar-refractivity contribution in [1.29, 1.82) is 0 Å². The first-order valence-electron chi connectivity index (χ1n) is 7.15. The zero-order valence-electron chi connectivity index (χ0n) is 13.0. The number of hydrogen-bond donors (Lipinski definition) is 0. The van der Waals surface area contributed by atoms with Crippen molar-refractivity contribution in [2.75, 3.05) is 32.7 Å². The Hall–Kier alpha value is -0.210. The van der Waals surface area contributed by atoms with Crippen molar-refractivity contribution in [3.8, 4) is 0 Å². The first-order chi connectivity index (χ1) is 9.81. The summed E-state index contributed by atoms with van der Waals surface area (Å²) in [6.45, 7) is 11.7. The molecule has 0 bridgehead atoms. The zero-order valence-corrected chi connectivity index (χ0v) is 15.4. The Bertz CT molecular complexity index is 527. The number of hydrogen-bond acceptors (Lipinski definition) is 5. The molecule has 0 radical (unpaired) electrons. The Balaban J connectivity index is 2.90. The van der Waals surface area contributed by atoms with Crippen LogP contribution < -0.4 is 0 Å².